The average molecular weight is 526 g/mol. The predicted octanol–water partition coefficient (Wildman–Crippen LogP) is 3.25. The van der Waals surface area contributed by atoms with Crippen molar-refractivity contribution in [3.05, 3.63) is 81.7 Å². The summed E-state index contributed by atoms with van der Waals surface area (Å²) in [5.74, 6) is 1.08. The Morgan fingerprint density at radius 3 is 2.72 bits per heavy atom. The monoisotopic (exact) mass is 525 g/mol. The molecule has 0 fully saturated rings. The van der Waals surface area contributed by atoms with Gasteiger partial charge in [0.05, 0.1) is 6.61 Å². The molecule has 0 saturated heterocycles. The molecule has 0 aromatic carbocycles. The minimum Gasteiger partial charge on any atom is -0.392 e. The van der Waals surface area contributed by atoms with Crippen LogP contribution in [0.1, 0.15) is 41.2 Å². The highest BCUT2D eigenvalue weighted by Crippen LogP contribution is 2.40. The van der Waals surface area contributed by atoms with Gasteiger partial charge in [0.15, 0.2) is 0 Å². The summed E-state index contributed by atoms with van der Waals surface area (Å²) in [7, 11) is 1.66. The fraction of sp³-hybridized carbons (Fsp3) is 0.310. The van der Waals surface area contributed by atoms with Crippen LogP contribution in [0.15, 0.2) is 53.6 Å². The summed E-state index contributed by atoms with van der Waals surface area (Å²) >= 11 is 0. The first-order chi connectivity index (χ1) is 18.6. The summed E-state index contributed by atoms with van der Waals surface area (Å²) < 4.78 is 3.62. The van der Waals surface area contributed by atoms with Gasteiger partial charge in [-0.3, -0.25) is 14.5 Å². The van der Waals surface area contributed by atoms with Crippen LogP contribution < -0.4 is 21.5 Å². The first-order valence-corrected chi connectivity index (χ1v) is 13.0. The Bertz CT molecular complexity index is 1680. The minimum atomic E-state index is -0.323. The second-order valence-electron chi connectivity index (χ2n) is 11.1. The lowest BCUT2D eigenvalue weighted by Gasteiger charge is -2.31. The van der Waals surface area contributed by atoms with E-state index in [1.165, 1.54) is 15.8 Å². The van der Waals surface area contributed by atoms with Crippen LogP contribution in [0, 0.1) is 5.41 Å². The molecule has 4 aromatic rings. The second-order valence-corrected chi connectivity index (χ2v) is 11.1. The molecule has 0 radical (unpaired) electrons. The van der Waals surface area contributed by atoms with E-state index >= 15 is 0 Å². The third kappa shape index (κ3) is 4.26. The highest BCUT2D eigenvalue weighted by atomic mass is 16.3. The molecule has 10 nitrogen and oxygen atoms in total. The zero-order valence-electron chi connectivity index (χ0n) is 22.2. The number of rotatable bonds is 5. The van der Waals surface area contributed by atoms with Crippen LogP contribution in [0.4, 0.5) is 23.1 Å². The van der Waals surface area contributed by atoms with E-state index in [0.717, 1.165) is 12.8 Å². The number of nitrogens with zero attached hydrogens (tertiary/aromatic N) is 5. The van der Waals surface area contributed by atoms with Crippen molar-refractivity contribution in [3.8, 4) is 11.1 Å². The molecule has 0 atom stereocenters. The van der Waals surface area contributed by atoms with Crippen LogP contribution in [0.2, 0.25) is 0 Å². The topological polar surface area (TPSA) is 131 Å². The maximum atomic E-state index is 13.7. The summed E-state index contributed by atoms with van der Waals surface area (Å²) in [4.78, 5) is 37.0. The molecule has 39 heavy (non-hydrogen) atoms. The van der Waals surface area contributed by atoms with Crippen LogP contribution in [-0.4, -0.2) is 36.7 Å². The molecule has 0 unspecified atom stereocenters. The molecule has 0 spiro atoms. The van der Waals surface area contributed by atoms with Gasteiger partial charge >= 0.3 is 0 Å². The van der Waals surface area contributed by atoms with Crippen LogP contribution in [0.25, 0.3) is 11.1 Å². The third-order valence-electron chi connectivity index (χ3n) is 7.60. The fourth-order valence-corrected chi connectivity index (χ4v) is 5.86. The van der Waals surface area contributed by atoms with Gasteiger partial charge in [0, 0.05) is 49.4 Å². The molecule has 10 heteroatoms. The van der Waals surface area contributed by atoms with Crippen molar-refractivity contribution >= 4 is 29.0 Å². The molecule has 5 heterocycles. The number of nitrogen functional groups attached to an aromatic ring is 1. The molecular weight excluding hydrogens is 494 g/mol. The zero-order valence-corrected chi connectivity index (χ0v) is 22.2. The smallest absolute Gasteiger partial charge is 0.276 e. The normalized spacial score (nSPS) is 15.8. The van der Waals surface area contributed by atoms with Gasteiger partial charge in [-0.2, -0.15) is 0 Å². The van der Waals surface area contributed by atoms with E-state index in [2.05, 4.69) is 33.7 Å². The highest BCUT2D eigenvalue weighted by molar-refractivity contribution is 6.06. The number of aliphatic hydroxyl groups is 1. The lowest BCUT2D eigenvalue weighted by molar-refractivity contribution is 0.0962. The first-order valence-electron chi connectivity index (χ1n) is 13.0. The van der Waals surface area contributed by atoms with Crippen molar-refractivity contribution in [2.75, 3.05) is 22.5 Å². The quantitative estimate of drug-likeness (QED) is 0.365. The van der Waals surface area contributed by atoms with E-state index in [4.69, 9.17) is 5.73 Å². The van der Waals surface area contributed by atoms with Crippen molar-refractivity contribution in [1.82, 2.24) is 19.1 Å². The molecule has 4 N–H and O–H groups in total. The van der Waals surface area contributed by atoms with Crippen molar-refractivity contribution in [1.29, 1.82) is 0 Å². The third-order valence-corrected chi connectivity index (χ3v) is 7.60. The van der Waals surface area contributed by atoms with Crippen molar-refractivity contribution in [3.63, 3.8) is 0 Å². The molecule has 1 amide bonds. The number of anilines is 4. The van der Waals surface area contributed by atoms with Crippen LogP contribution >= 0.6 is 0 Å². The SMILES string of the molecule is Cn1cc(-c2ccnc(N3CCn4c(cc5c4CC(C)(C)C5)C3=O)c2CO)cc(Nc2cccc(N)n2)c1=O. The molecular formula is C29H31N7O3. The largest absolute Gasteiger partial charge is 0.392 e. The van der Waals surface area contributed by atoms with Crippen LogP contribution in [0.5, 0.6) is 0 Å². The highest BCUT2D eigenvalue weighted by Gasteiger charge is 2.37. The predicted molar refractivity (Wildman–Crippen MR) is 150 cm³/mol. The number of hydrogen-bond donors (Lipinski definition) is 3. The summed E-state index contributed by atoms with van der Waals surface area (Å²) in [6.07, 6.45) is 5.25. The maximum Gasteiger partial charge on any atom is 0.276 e. The number of amides is 1. The summed E-state index contributed by atoms with van der Waals surface area (Å²) in [6.45, 7) is 5.32. The molecule has 6 rings (SSSR count). The second kappa shape index (κ2) is 9.09. The number of pyridine rings is 3. The molecule has 2 aliphatic rings. The van der Waals surface area contributed by atoms with E-state index in [9.17, 15) is 14.7 Å². The molecule has 1 aliphatic carbocycles. The Morgan fingerprint density at radius 2 is 1.95 bits per heavy atom. The number of aliphatic hydroxyl groups excluding tert-OH is 1. The lowest BCUT2D eigenvalue weighted by atomic mass is 9.90. The average Bonchev–Trinajstić information content (AvgIpc) is 3.38. The van der Waals surface area contributed by atoms with Gasteiger partial charge in [-0.15, -0.1) is 0 Å². The Balaban J connectivity index is 1.38. The van der Waals surface area contributed by atoms with E-state index < -0.39 is 0 Å². The number of carbonyl (C=O) groups excluding carboxylic acids is 1. The lowest BCUT2D eigenvalue weighted by Crippen LogP contribution is -2.41. The maximum absolute atomic E-state index is 13.7. The van der Waals surface area contributed by atoms with E-state index in [-0.39, 0.29) is 23.5 Å². The van der Waals surface area contributed by atoms with Gasteiger partial charge in [0.25, 0.3) is 11.5 Å². The van der Waals surface area contributed by atoms with Gasteiger partial charge in [0.1, 0.15) is 28.8 Å². The van der Waals surface area contributed by atoms with Gasteiger partial charge in [-0.1, -0.05) is 19.9 Å². The Morgan fingerprint density at radius 1 is 1.13 bits per heavy atom. The van der Waals surface area contributed by atoms with Crippen LogP contribution in [0.3, 0.4) is 0 Å². The van der Waals surface area contributed by atoms with Crippen molar-refractivity contribution in [2.45, 2.75) is 39.8 Å². The number of aromatic nitrogens is 4. The molecule has 0 saturated carbocycles. The Kier molecular flexibility index (Phi) is 5.80. The van der Waals surface area contributed by atoms with Crippen molar-refractivity contribution in [2.24, 2.45) is 12.5 Å². The first kappa shape index (κ1) is 24.9. The van der Waals surface area contributed by atoms with Gasteiger partial charge in [-0.25, -0.2) is 9.97 Å². The zero-order chi connectivity index (χ0) is 27.5. The molecule has 1 aliphatic heterocycles. The van der Waals surface area contributed by atoms with E-state index in [1.807, 2.05) is 6.07 Å². The Hall–Kier alpha value is -4.44. The van der Waals surface area contributed by atoms with Crippen LogP contribution in [-0.2, 0) is 33.0 Å². The number of fused-ring (bicyclic) bond motifs is 3. The summed E-state index contributed by atoms with van der Waals surface area (Å²) in [5, 5.41) is 13.5. The number of nitrogens with two attached hydrogens (primary N) is 1. The summed E-state index contributed by atoms with van der Waals surface area (Å²) in [6, 6.07) is 10.7. The minimum absolute atomic E-state index is 0.122. The number of aryl methyl sites for hydroxylation is 1. The van der Waals surface area contributed by atoms with Gasteiger partial charge in [0.2, 0.25) is 0 Å². The number of nitrogens with one attached hydrogen (secondary N) is 1. The van der Waals surface area contributed by atoms with Gasteiger partial charge < -0.3 is 25.3 Å². The Labute approximate surface area is 225 Å². The fourth-order valence-electron chi connectivity index (χ4n) is 5.86. The molecule has 0 bridgehead atoms. The number of hydrogen-bond acceptors (Lipinski definition) is 7. The molecule has 4 aromatic heterocycles. The standard InChI is InChI=1S/C29H31N7O3/c1-29(2)13-17-12-22-28(39)36(10-9-35(22)23(17)14-29)26-20(16-37)19(7-8-31-26)18-11-21(27(38)34(3)15-18)32-25-6-4-5-24(30)33-25/h4-8,11-12,15,37H,9-10,13-14,16H2,1-3H3,(H3,30,32,33). The van der Waals surface area contributed by atoms with E-state index in [0.29, 0.717) is 58.6 Å². The van der Waals surface area contributed by atoms with E-state index in [1.54, 1.807) is 54.7 Å². The van der Waals surface area contributed by atoms with Gasteiger partial charge in [-0.05, 0) is 59.7 Å². The number of carbonyl (C=O) groups is 1. The van der Waals surface area contributed by atoms with Crippen molar-refractivity contribution < 1.29 is 9.90 Å². The molecule has 200 valence electrons. The summed E-state index contributed by atoms with van der Waals surface area (Å²) in [5.41, 5.74) is 11.1.